The number of likely N-dealkylation sites (N-methyl/N-ethyl adjacent to an activating group) is 2. The maximum absolute atomic E-state index is 10.7. The minimum absolute atomic E-state index is 0.103. The Balaban J connectivity index is 1.48. The summed E-state index contributed by atoms with van der Waals surface area (Å²) >= 11 is 0. The fourth-order valence-electron chi connectivity index (χ4n) is 7.38. The fourth-order valence-corrected chi connectivity index (χ4v) is 7.38. The molecule has 0 fully saturated rings. The van der Waals surface area contributed by atoms with Crippen molar-refractivity contribution in [2.45, 2.75) is 44.1 Å². The Labute approximate surface area is 287 Å². The molecule has 49 heavy (non-hydrogen) atoms. The summed E-state index contributed by atoms with van der Waals surface area (Å²) in [6, 6.07) is 20.6. The lowest BCUT2D eigenvalue weighted by molar-refractivity contribution is -0.0120. The van der Waals surface area contributed by atoms with Gasteiger partial charge < -0.3 is 39.3 Å². The number of ether oxygens (including phenoxy) is 6. The van der Waals surface area contributed by atoms with Crippen LogP contribution in [0.3, 0.4) is 0 Å². The van der Waals surface area contributed by atoms with Crippen molar-refractivity contribution in [2.75, 3.05) is 55.1 Å². The van der Waals surface area contributed by atoms with E-state index in [0.29, 0.717) is 46.7 Å². The SMILES string of the molecule is COc1ccc2cc1Oc1ccc(cc1)CC1c3cc(c(OC)cc3CCN1C)Oc1c(OC(O)CN)c(OC)cc3c1C(C2)N(C)CC3. The van der Waals surface area contributed by atoms with Crippen molar-refractivity contribution in [3.05, 3.63) is 94.0 Å². The van der Waals surface area contributed by atoms with E-state index in [1.807, 2.05) is 30.3 Å². The normalized spacial score (nSPS) is 19.4. The number of nitrogens with zero attached hydrogens (tertiary/aromatic N) is 2. The molecule has 0 saturated carbocycles. The first-order valence-electron chi connectivity index (χ1n) is 16.8. The molecule has 4 aliphatic heterocycles. The Morgan fingerprint density at radius 3 is 2.10 bits per heavy atom. The van der Waals surface area contributed by atoms with Crippen LogP contribution in [0.1, 0.15) is 45.5 Å². The van der Waals surface area contributed by atoms with Gasteiger partial charge in [-0.3, -0.25) is 9.80 Å². The highest BCUT2D eigenvalue weighted by molar-refractivity contribution is 5.64. The molecule has 3 N–H and O–H groups in total. The predicted octanol–water partition coefficient (Wildman–Crippen LogP) is 5.81. The lowest BCUT2D eigenvalue weighted by Crippen LogP contribution is -2.34. The molecule has 0 aliphatic carbocycles. The van der Waals surface area contributed by atoms with Gasteiger partial charge in [0.2, 0.25) is 12.0 Å². The molecule has 4 heterocycles. The molecule has 0 saturated heterocycles. The Kier molecular flexibility index (Phi) is 9.30. The average Bonchev–Trinajstić information content (AvgIpc) is 3.11. The Morgan fingerprint density at radius 1 is 0.755 bits per heavy atom. The lowest BCUT2D eigenvalue weighted by Gasteiger charge is -2.37. The zero-order valence-electron chi connectivity index (χ0n) is 28.8. The van der Waals surface area contributed by atoms with Crippen molar-refractivity contribution in [3.8, 4) is 46.0 Å². The van der Waals surface area contributed by atoms with Crippen molar-refractivity contribution >= 4 is 0 Å². The highest BCUT2D eigenvalue weighted by atomic mass is 16.6. The summed E-state index contributed by atoms with van der Waals surface area (Å²) in [4.78, 5) is 4.71. The van der Waals surface area contributed by atoms with Crippen LogP contribution in [0.25, 0.3) is 0 Å². The van der Waals surface area contributed by atoms with Crippen molar-refractivity contribution < 1.29 is 33.5 Å². The van der Waals surface area contributed by atoms with Crippen LogP contribution in [0.15, 0.2) is 60.7 Å². The molecule has 258 valence electrons. The van der Waals surface area contributed by atoms with Gasteiger partial charge in [0.15, 0.2) is 34.5 Å². The summed E-state index contributed by atoms with van der Waals surface area (Å²) in [5.74, 6) is 4.45. The molecule has 10 nitrogen and oxygen atoms in total. The van der Waals surface area contributed by atoms with Crippen LogP contribution in [0.5, 0.6) is 46.0 Å². The van der Waals surface area contributed by atoms with Crippen LogP contribution in [0.4, 0.5) is 0 Å². The molecule has 3 atom stereocenters. The molecule has 0 aromatic heterocycles. The monoisotopic (exact) mass is 667 g/mol. The molecule has 4 aromatic carbocycles. The van der Waals surface area contributed by atoms with Gasteiger partial charge >= 0.3 is 0 Å². The number of aliphatic hydroxyl groups is 1. The van der Waals surface area contributed by atoms with Crippen LogP contribution >= 0.6 is 0 Å². The first-order chi connectivity index (χ1) is 23.8. The zero-order chi connectivity index (χ0) is 34.2. The van der Waals surface area contributed by atoms with Gasteiger partial charge in [-0.25, -0.2) is 0 Å². The van der Waals surface area contributed by atoms with Gasteiger partial charge in [0.05, 0.1) is 27.9 Å². The summed E-state index contributed by atoms with van der Waals surface area (Å²) in [6.45, 7) is 1.65. The minimum Gasteiger partial charge on any atom is -0.493 e. The molecular formula is C39H45N3O7. The van der Waals surface area contributed by atoms with Crippen molar-refractivity contribution in [1.82, 2.24) is 9.80 Å². The second-order valence-corrected chi connectivity index (χ2v) is 13.1. The van der Waals surface area contributed by atoms with E-state index < -0.39 is 6.29 Å². The molecule has 6 bridgehead atoms. The molecule has 4 aromatic rings. The van der Waals surface area contributed by atoms with Gasteiger partial charge in [0, 0.05) is 30.7 Å². The van der Waals surface area contributed by atoms with Crippen LogP contribution in [0, 0.1) is 0 Å². The van der Waals surface area contributed by atoms with Crippen LogP contribution in [0.2, 0.25) is 0 Å². The summed E-state index contributed by atoms with van der Waals surface area (Å²) in [7, 11) is 9.19. The smallest absolute Gasteiger partial charge is 0.210 e. The van der Waals surface area contributed by atoms with Crippen molar-refractivity contribution in [3.63, 3.8) is 0 Å². The summed E-state index contributed by atoms with van der Waals surface area (Å²) in [5, 5.41) is 10.7. The topological polar surface area (TPSA) is 108 Å². The third-order valence-corrected chi connectivity index (χ3v) is 10.1. The standard InChI is InChI=1S/C39H45N3O7/c1-41-14-12-25-19-32(45-4)34-21-28(25)29(41)16-23-6-9-27(10-7-23)47-33-18-24(8-11-31(33)44-3)17-30-37-26(13-15-42(30)2)20-35(46-5)38(39(37)48-34)49-36(43)22-40/h6-11,18-21,29-30,36,43H,12-17,22,40H2,1-5H3. The number of aliphatic hydroxyl groups excluding tert-OH is 1. The highest BCUT2D eigenvalue weighted by Crippen LogP contribution is 2.52. The third-order valence-electron chi connectivity index (χ3n) is 10.1. The maximum Gasteiger partial charge on any atom is 0.210 e. The summed E-state index contributed by atoms with van der Waals surface area (Å²) in [6.07, 6.45) is 1.83. The number of rotatable bonds is 6. The Hall–Kier alpha value is -4.48. The number of fused-ring (bicyclic) bond motifs is 2. The molecule has 10 heteroatoms. The molecule has 4 aliphatic rings. The van der Waals surface area contributed by atoms with E-state index in [1.165, 1.54) is 16.7 Å². The van der Waals surface area contributed by atoms with E-state index in [0.717, 1.165) is 54.8 Å². The van der Waals surface area contributed by atoms with Crippen molar-refractivity contribution in [2.24, 2.45) is 5.73 Å². The van der Waals surface area contributed by atoms with Crippen LogP contribution < -0.4 is 34.2 Å². The number of methoxy groups -OCH3 is 3. The van der Waals surface area contributed by atoms with Gasteiger partial charge in [-0.05, 0) is 110 Å². The second kappa shape index (κ2) is 13.8. The number of benzene rings is 4. The predicted molar refractivity (Wildman–Crippen MR) is 187 cm³/mol. The summed E-state index contributed by atoms with van der Waals surface area (Å²) in [5.41, 5.74) is 12.5. The van der Waals surface area contributed by atoms with Crippen LogP contribution in [-0.2, 0) is 25.7 Å². The number of nitrogens with two attached hydrogens (primary N) is 1. The number of hydrogen-bond acceptors (Lipinski definition) is 10. The van der Waals surface area contributed by atoms with Crippen LogP contribution in [-0.4, -0.2) is 76.3 Å². The Morgan fingerprint density at radius 2 is 1.39 bits per heavy atom. The molecule has 3 unspecified atom stereocenters. The van der Waals surface area contributed by atoms with Gasteiger partial charge in [-0.1, -0.05) is 18.2 Å². The zero-order valence-corrected chi connectivity index (χ0v) is 28.8. The van der Waals surface area contributed by atoms with E-state index in [9.17, 15) is 5.11 Å². The number of hydrogen-bond donors (Lipinski definition) is 2. The lowest BCUT2D eigenvalue weighted by atomic mass is 9.87. The summed E-state index contributed by atoms with van der Waals surface area (Å²) < 4.78 is 37.2. The first kappa shape index (κ1) is 33.0. The largest absolute Gasteiger partial charge is 0.493 e. The van der Waals surface area contributed by atoms with E-state index in [1.54, 1.807) is 21.3 Å². The van der Waals surface area contributed by atoms with E-state index in [-0.39, 0.29) is 18.6 Å². The third kappa shape index (κ3) is 6.37. The Bertz CT molecular complexity index is 1830. The molecule has 8 rings (SSSR count). The molecule has 0 amide bonds. The van der Waals surface area contributed by atoms with Gasteiger partial charge in [0.1, 0.15) is 5.75 Å². The second-order valence-electron chi connectivity index (χ2n) is 13.1. The fraction of sp³-hybridized carbons (Fsp3) is 0.385. The minimum atomic E-state index is -1.27. The maximum atomic E-state index is 10.7. The molecular weight excluding hydrogens is 622 g/mol. The quantitative estimate of drug-likeness (QED) is 0.245. The highest BCUT2D eigenvalue weighted by Gasteiger charge is 2.35. The van der Waals surface area contributed by atoms with E-state index in [4.69, 9.17) is 34.2 Å². The van der Waals surface area contributed by atoms with Gasteiger partial charge in [-0.15, -0.1) is 0 Å². The van der Waals surface area contributed by atoms with E-state index >= 15 is 0 Å². The van der Waals surface area contributed by atoms with Gasteiger partial charge in [0.25, 0.3) is 0 Å². The van der Waals surface area contributed by atoms with Crippen molar-refractivity contribution in [1.29, 1.82) is 0 Å². The average molecular weight is 668 g/mol. The first-order valence-corrected chi connectivity index (χ1v) is 16.8. The molecule has 0 spiro atoms. The van der Waals surface area contributed by atoms with Gasteiger partial charge in [-0.2, -0.15) is 0 Å². The molecule has 0 radical (unpaired) electrons. The van der Waals surface area contributed by atoms with E-state index in [2.05, 4.69) is 54.2 Å².